The van der Waals surface area contributed by atoms with Crippen molar-refractivity contribution in [3.05, 3.63) is 11.7 Å². The third-order valence-corrected chi connectivity index (χ3v) is 2.99. The van der Waals surface area contributed by atoms with Gasteiger partial charge in [0.25, 0.3) is 0 Å². The molecule has 5 heteroatoms. The Balaban J connectivity index is 2.82. The summed E-state index contributed by atoms with van der Waals surface area (Å²) in [5.41, 5.74) is 0. The van der Waals surface area contributed by atoms with Gasteiger partial charge in [0, 0.05) is 13.2 Å². The van der Waals surface area contributed by atoms with Crippen LogP contribution in [0.1, 0.15) is 50.9 Å². The largest absolute Gasteiger partial charge is 0.374 e. The second-order valence-corrected chi connectivity index (χ2v) is 3.96. The maximum Gasteiger partial charge on any atom is 0.231 e. The quantitative estimate of drug-likeness (QED) is 0.804. The highest BCUT2D eigenvalue weighted by atomic mass is 16.5. The Kier molecular flexibility index (Phi) is 4.89. The van der Waals surface area contributed by atoms with E-state index in [0.717, 1.165) is 6.42 Å². The van der Waals surface area contributed by atoms with Crippen LogP contribution in [0.25, 0.3) is 0 Å². The number of hydrogen-bond donors (Lipinski definition) is 1. The molecule has 1 heterocycles. The summed E-state index contributed by atoms with van der Waals surface area (Å²) in [5, 5.41) is 7.14. The lowest BCUT2D eigenvalue weighted by molar-refractivity contribution is 0.109. The van der Waals surface area contributed by atoms with Crippen LogP contribution >= 0.6 is 0 Å². The van der Waals surface area contributed by atoms with Crippen molar-refractivity contribution >= 4 is 0 Å². The van der Waals surface area contributed by atoms with E-state index in [0.29, 0.717) is 17.8 Å². The lowest BCUT2D eigenvalue weighted by Gasteiger charge is -2.17. The number of aromatic nitrogens is 2. The molecular formula is C11H21N3O2. The van der Waals surface area contributed by atoms with Crippen LogP contribution in [0.5, 0.6) is 0 Å². The normalized spacial score (nSPS) is 17.1. The summed E-state index contributed by atoms with van der Waals surface area (Å²) in [7, 11) is 3.57. The number of likely N-dealkylation sites (N-methyl/N-ethyl adjacent to an activating group) is 1. The van der Waals surface area contributed by atoms with Crippen LogP contribution in [0.15, 0.2) is 4.52 Å². The molecule has 0 aliphatic carbocycles. The van der Waals surface area contributed by atoms with Crippen molar-refractivity contribution in [2.45, 2.75) is 45.3 Å². The molecule has 0 saturated carbocycles. The molecule has 0 spiro atoms. The molecule has 1 rings (SSSR count). The van der Waals surface area contributed by atoms with Crippen LogP contribution in [0, 0.1) is 0 Å². The van der Waals surface area contributed by atoms with Gasteiger partial charge < -0.3 is 14.6 Å². The van der Waals surface area contributed by atoms with Gasteiger partial charge in [-0.05, 0) is 27.3 Å². The minimum atomic E-state index is -0.125. The molecule has 1 N–H and O–H groups in total. The van der Waals surface area contributed by atoms with Crippen LogP contribution < -0.4 is 5.32 Å². The second kappa shape index (κ2) is 5.96. The summed E-state index contributed by atoms with van der Waals surface area (Å²) in [6.45, 7) is 6.12. The summed E-state index contributed by atoms with van der Waals surface area (Å²) in [5.74, 6) is 1.54. The average Bonchev–Trinajstić information content (AvgIpc) is 2.78. The lowest BCUT2D eigenvalue weighted by Crippen LogP contribution is -2.28. The number of methoxy groups -OCH3 is 1. The van der Waals surface area contributed by atoms with E-state index >= 15 is 0 Å². The number of hydrogen-bond acceptors (Lipinski definition) is 5. The first-order valence-corrected chi connectivity index (χ1v) is 5.67. The van der Waals surface area contributed by atoms with Gasteiger partial charge >= 0.3 is 0 Å². The van der Waals surface area contributed by atoms with Gasteiger partial charge in [-0.15, -0.1) is 0 Å². The first-order valence-electron chi connectivity index (χ1n) is 5.67. The smallest absolute Gasteiger partial charge is 0.231 e. The standard InChI is InChI=1S/C11H21N3O2/c1-6-9(7(2)12-4)11-13-10(14-16-11)8(3)15-5/h7-9,12H,6H2,1-5H3. The summed E-state index contributed by atoms with van der Waals surface area (Å²) in [6.07, 6.45) is 0.838. The maximum atomic E-state index is 5.28. The maximum absolute atomic E-state index is 5.28. The number of nitrogens with zero attached hydrogens (tertiary/aromatic N) is 2. The van der Waals surface area contributed by atoms with Crippen molar-refractivity contribution in [3.63, 3.8) is 0 Å². The molecule has 1 aromatic rings. The third-order valence-electron chi connectivity index (χ3n) is 2.99. The van der Waals surface area contributed by atoms with Gasteiger partial charge in [0.2, 0.25) is 5.89 Å². The van der Waals surface area contributed by atoms with E-state index < -0.39 is 0 Å². The molecule has 0 aliphatic heterocycles. The van der Waals surface area contributed by atoms with E-state index in [4.69, 9.17) is 9.26 Å². The van der Waals surface area contributed by atoms with Crippen molar-refractivity contribution in [1.82, 2.24) is 15.5 Å². The topological polar surface area (TPSA) is 60.2 Å². The van der Waals surface area contributed by atoms with Crippen LogP contribution in [0.3, 0.4) is 0 Å². The van der Waals surface area contributed by atoms with Crippen LogP contribution in [-0.4, -0.2) is 30.3 Å². The monoisotopic (exact) mass is 227 g/mol. The summed E-state index contributed by atoms with van der Waals surface area (Å²) in [6, 6.07) is 0.316. The SMILES string of the molecule is CCC(c1nc(C(C)OC)no1)C(C)NC. The molecule has 0 amide bonds. The third kappa shape index (κ3) is 2.80. The van der Waals surface area contributed by atoms with Gasteiger partial charge in [-0.3, -0.25) is 0 Å². The Labute approximate surface area is 96.6 Å². The average molecular weight is 227 g/mol. The molecule has 0 bridgehead atoms. The first-order chi connectivity index (χ1) is 7.63. The molecule has 0 radical (unpaired) electrons. The Morgan fingerprint density at radius 2 is 2.12 bits per heavy atom. The zero-order chi connectivity index (χ0) is 12.1. The summed E-state index contributed by atoms with van der Waals surface area (Å²) < 4.78 is 10.4. The molecule has 0 fully saturated rings. The fraction of sp³-hybridized carbons (Fsp3) is 0.818. The molecule has 16 heavy (non-hydrogen) atoms. The van der Waals surface area contributed by atoms with Crippen molar-refractivity contribution < 1.29 is 9.26 Å². The zero-order valence-electron chi connectivity index (χ0n) is 10.7. The molecule has 0 aliphatic rings. The van der Waals surface area contributed by atoms with Crippen molar-refractivity contribution in [2.75, 3.05) is 14.2 Å². The predicted molar refractivity (Wildman–Crippen MR) is 61.3 cm³/mol. The summed E-state index contributed by atoms with van der Waals surface area (Å²) in [4.78, 5) is 4.38. The van der Waals surface area contributed by atoms with Gasteiger partial charge in [-0.2, -0.15) is 4.98 Å². The molecule has 0 saturated heterocycles. The molecule has 1 aromatic heterocycles. The van der Waals surface area contributed by atoms with Crippen molar-refractivity contribution in [3.8, 4) is 0 Å². The zero-order valence-corrected chi connectivity index (χ0v) is 10.7. The predicted octanol–water partition coefficient (Wildman–Crippen LogP) is 1.88. The van der Waals surface area contributed by atoms with Gasteiger partial charge in [0.05, 0.1) is 5.92 Å². The number of nitrogens with one attached hydrogen (secondary N) is 1. The fourth-order valence-corrected chi connectivity index (χ4v) is 1.61. The molecule has 0 aromatic carbocycles. The molecular weight excluding hydrogens is 206 g/mol. The highest BCUT2D eigenvalue weighted by Crippen LogP contribution is 2.23. The Morgan fingerprint density at radius 1 is 1.44 bits per heavy atom. The second-order valence-electron chi connectivity index (χ2n) is 3.96. The molecule has 92 valence electrons. The molecule has 3 unspecified atom stereocenters. The van der Waals surface area contributed by atoms with Gasteiger partial charge in [-0.1, -0.05) is 12.1 Å². The molecule has 5 nitrogen and oxygen atoms in total. The first kappa shape index (κ1) is 13.1. The van der Waals surface area contributed by atoms with Gasteiger partial charge in [0.1, 0.15) is 6.10 Å². The number of rotatable bonds is 6. The lowest BCUT2D eigenvalue weighted by atomic mass is 9.98. The molecule has 3 atom stereocenters. The van der Waals surface area contributed by atoms with Crippen molar-refractivity contribution in [2.24, 2.45) is 0 Å². The number of ether oxygens (including phenoxy) is 1. The highest BCUT2D eigenvalue weighted by Gasteiger charge is 2.23. The summed E-state index contributed by atoms with van der Waals surface area (Å²) >= 11 is 0. The Bertz CT molecular complexity index is 314. The minimum absolute atomic E-state index is 0.125. The van der Waals surface area contributed by atoms with E-state index in [2.05, 4.69) is 29.3 Å². The van der Waals surface area contributed by atoms with Crippen molar-refractivity contribution in [1.29, 1.82) is 0 Å². The van der Waals surface area contributed by atoms with E-state index in [1.54, 1.807) is 7.11 Å². The van der Waals surface area contributed by atoms with Crippen LogP contribution in [-0.2, 0) is 4.74 Å². The van der Waals surface area contributed by atoms with E-state index in [1.807, 2.05) is 14.0 Å². The van der Waals surface area contributed by atoms with E-state index in [-0.39, 0.29) is 12.0 Å². The highest BCUT2D eigenvalue weighted by molar-refractivity contribution is 4.99. The van der Waals surface area contributed by atoms with Crippen LogP contribution in [0.4, 0.5) is 0 Å². The Hall–Kier alpha value is -0.940. The Morgan fingerprint density at radius 3 is 2.62 bits per heavy atom. The minimum Gasteiger partial charge on any atom is -0.374 e. The van der Waals surface area contributed by atoms with Gasteiger partial charge in [0.15, 0.2) is 5.82 Å². The fourth-order valence-electron chi connectivity index (χ4n) is 1.61. The van der Waals surface area contributed by atoms with Gasteiger partial charge in [-0.25, -0.2) is 0 Å². The van der Waals surface area contributed by atoms with Crippen LogP contribution in [0.2, 0.25) is 0 Å². The van der Waals surface area contributed by atoms with E-state index in [9.17, 15) is 0 Å². The van der Waals surface area contributed by atoms with E-state index in [1.165, 1.54) is 0 Å².